The van der Waals surface area contributed by atoms with Crippen molar-refractivity contribution in [3.05, 3.63) is 60.4 Å². The summed E-state index contributed by atoms with van der Waals surface area (Å²) >= 11 is 1.99. The number of aromatic nitrogens is 4. The summed E-state index contributed by atoms with van der Waals surface area (Å²) in [7, 11) is 0. The van der Waals surface area contributed by atoms with Gasteiger partial charge in [-0.25, -0.2) is 13.9 Å². The van der Waals surface area contributed by atoms with Gasteiger partial charge in [-0.1, -0.05) is 16.4 Å². The molecular weight excluding hydrogens is 497 g/mol. The number of hydrogen-bond acceptors (Lipinski definition) is 9. The van der Waals surface area contributed by atoms with Gasteiger partial charge in [0.25, 0.3) is 0 Å². The smallest absolute Gasteiger partial charge is 0.414 e. The number of anilines is 1. The van der Waals surface area contributed by atoms with Gasteiger partial charge in [0.05, 0.1) is 30.7 Å². The second-order valence-corrected chi connectivity index (χ2v) is 10.4. The minimum absolute atomic E-state index is 0.0395. The molecule has 5 heterocycles. The van der Waals surface area contributed by atoms with Crippen molar-refractivity contribution >= 4 is 29.3 Å². The number of cyclic esters (lactones) is 1. The molecule has 0 aliphatic carbocycles. The molecule has 10 nitrogen and oxygen atoms in total. The van der Waals surface area contributed by atoms with E-state index < -0.39 is 18.0 Å². The summed E-state index contributed by atoms with van der Waals surface area (Å²) in [4.78, 5) is 26.4. The van der Waals surface area contributed by atoms with Gasteiger partial charge in [-0.15, -0.1) is 5.10 Å². The largest absolute Gasteiger partial charge is 0.442 e. The Morgan fingerprint density at radius 3 is 2.76 bits per heavy atom. The molecule has 2 atom stereocenters. The summed E-state index contributed by atoms with van der Waals surface area (Å²) in [5.41, 5.74) is 3.03. The van der Waals surface area contributed by atoms with E-state index in [2.05, 4.69) is 25.4 Å². The van der Waals surface area contributed by atoms with Crippen molar-refractivity contribution in [2.75, 3.05) is 42.6 Å². The fraction of sp³-hybridized carbons (Fsp3) is 0.400. The van der Waals surface area contributed by atoms with Gasteiger partial charge in [0, 0.05) is 61.1 Å². The van der Waals surface area contributed by atoms with E-state index >= 15 is 4.39 Å². The lowest BCUT2D eigenvalue weighted by Crippen LogP contribution is -2.38. The number of thioether (sulfide) groups is 1. The third-order valence-electron chi connectivity index (χ3n) is 6.67. The maximum absolute atomic E-state index is 15.1. The molecule has 1 aromatic carbocycles. The Labute approximate surface area is 217 Å². The number of ether oxygens (including phenoxy) is 1. The molecule has 2 saturated heterocycles. The van der Waals surface area contributed by atoms with Crippen LogP contribution >= 0.6 is 11.8 Å². The molecule has 37 heavy (non-hydrogen) atoms. The maximum atomic E-state index is 15.1. The van der Waals surface area contributed by atoms with E-state index in [1.54, 1.807) is 35.4 Å². The molecule has 3 aromatic rings. The highest BCUT2D eigenvalue weighted by atomic mass is 32.2. The van der Waals surface area contributed by atoms with Gasteiger partial charge < -0.3 is 9.57 Å². The molecule has 2 fully saturated rings. The number of oxime groups is 1. The quantitative estimate of drug-likeness (QED) is 0.466. The van der Waals surface area contributed by atoms with Gasteiger partial charge in [-0.05, 0) is 24.3 Å². The van der Waals surface area contributed by atoms with Crippen molar-refractivity contribution in [3.8, 4) is 11.1 Å². The number of nitrogens with zero attached hydrogens (tertiary/aromatic N) is 7. The summed E-state index contributed by atoms with van der Waals surface area (Å²) in [6.07, 6.45) is 4.74. The fourth-order valence-electron chi connectivity index (χ4n) is 4.75. The number of amides is 1. The minimum atomic E-state index is -0.514. The molecule has 12 heteroatoms. The van der Waals surface area contributed by atoms with E-state index in [-0.39, 0.29) is 6.10 Å². The van der Waals surface area contributed by atoms with Crippen molar-refractivity contribution in [2.45, 2.75) is 25.2 Å². The number of pyridine rings is 1. The lowest BCUT2D eigenvalue weighted by atomic mass is 10.0. The van der Waals surface area contributed by atoms with Crippen molar-refractivity contribution in [3.63, 3.8) is 0 Å². The van der Waals surface area contributed by atoms with E-state index in [0.29, 0.717) is 36.3 Å². The van der Waals surface area contributed by atoms with Gasteiger partial charge in [-0.3, -0.25) is 14.8 Å². The molecule has 192 valence electrons. The summed E-state index contributed by atoms with van der Waals surface area (Å²) in [6, 6.07) is 8.39. The van der Waals surface area contributed by atoms with Gasteiger partial charge in [0.2, 0.25) is 0 Å². The lowest BCUT2D eigenvalue weighted by Gasteiger charge is -2.27. The summed E-state index contributed by atoms with van der Waals surface area (Å²) in [5, 5.41) is 11.9. The third-order valence-corrected chi connectivity index (χ3v) is 7.61. The van der Waals surface area contributed by atoms with Crippen molar-refractivity contribution in [1.82, 2.24) is 24.9 Å². The Bertz CT molecular complexity index is 1280. The van der Waals surface area contributed by atoms with Gasteiger partial charge >= 0.3 is 6.09 Å². The molecule has 1 amide bonds. The second kappa shape index (κ2) is 10.5. The highest BCUT2D eigenvalue weighted by molar-refractivity contribution is 7.99. The first kappa shape index (κ1) is 23.9. The van der Waals surface area contributed by atoms with Gasteiger partial charge in [0.1, 0.15) is 23.7 Å². The first-order chi connectivity index (χ1) is 18.1. The van der Waals surface area contributed by atoms with E-state index in [4.69, 9.17) is 9.57 Å². The number of benzene rings is 1. The number of halogens is 1. The zero-order valence-electron chi connectivity index (χ0n) is 20.1. The Balaban J connectivity index is 1.09. The lowest BCUT2D eigenvalue weighted by molar-refractivity contribution is 0.0553. The van der Waals surface area contributed by atoms with Crippen LogP contribution in [0.1, 0.15) is 12.1 Å². The first-order valence-corrected chi connectivity index (χ1v) is 13.4. The van der Waals surface area contributed by atoms with Crippen LogP contribution in [0.15, 0.2) is 54.1 Å². The molecule has 0 spiro atoms. The zero-order chi connectivity index (χ0) is 25.2. The van der Waals surface area contributed by atoms with Crippen LogP contribution in [-0.4, -0.2) is 86.6 Å². The van der Waals surface area contributed by atoms with Crippen LogP contribution in [0.25, 0.3) is 11.1 Å². The molecule has 0 N–H and O–H groups in total. The molecule has 2 aromatic heterocycles. The highest BCUT2D eigenvalue weighted by Crippen LogP contribution is 2.29. The maximum Gasteiger partial charge on any atom is 0.414 e. The van der Waals surface area contributed by atoms with Crippen LogP contribution < -0.4 is 4.90 Å². The summed E-state index contributed by atoms with van der Waals surface area (Å²) in [6.45, 7) is 3.72. The number of hydrogen-bond donors (Lipinski definition) is 0. The molecular formula is C25H26FN7O3S. The predicted molar refractivity (Wildman–Crippen MR) is 137 cm³/mol. The van der Waals surface area contributed by atoms with Crippen molar-refractivity contribution in [2.24, 2.45) is 5.16 Å². The van der Waals surface area contributed by atoms with Crippen LogP contribution in [0.5, 0.6) is 0 Å². The number of carbonyl (C=O) groups is 1. The van der Waals surface area contributed by atoms with Crippen LogP contribution in [0, 0.1) is 5.82 Å². The SMILES string of the molecule is O=C1O[C@@H](Cn2ccnn2)CN1c1ccc(-c2ccc(C3=NO[C@H](CN4CCSCC4)C3)nc2)c(F)c1. The molecule has 3 aliphatic heterocycles. The Hall–Kier alpha value is -3.51. The third kappa shape index (κ3) is 5.30. The standard InChI is InChI=1S/C25H26FN7O3S/c26-22-11-18(33-16-20(35-25(33)34)15-32-6-5-28-30-32)2-3-21(22)17-1-4-23(27-13-17)24-12-19(36-29-24)14-31-7-9-37-10-8-31/h1-6,11,13,19-20H,7-10,12,14-16H2/t19-,20-/m0/s1. The molecule has 3 aliphatic rings. The van der Waals surface area contributed by atoms with E-state index in [9.17, 15) is 4.79 Å². The predicted octanol–water partition coefficient (Wildman–Crippen LogP) is 3.05. The van der Waals surface area contributed by atoms with Crippen LogP contribution in [-0.2, 0) is 16.1 Å². The molecule has 0 unspecified atom stereocenters. The highest BCUT2D eigenvalue weighted by Gasteiger charge is 2.33. The molecule has 0 saturated carbocycles. The molecule has 0 radical (unpaired) electrons. The van der Waals surface area contributed by atoms with E-state index in [0.717, 1.165) is 42.5 Å². The molecule has 6 rings (SSSR count). The van der Waals surface area contributed by atoms with Crippen molar-refractivity contribution < 1.29 is 18.8 Å². The zero-order valence-corrected chi connectivity index (χ0v) is 20.9. The minimum Gasteiger partial charge on any atom is -0.442 e. The number of carbonyl (C=O) groups excluding carboxylic acids is 1. The summed E-state index contributed by atoms with van der Waals surface area (Å²) < 4.78 is 22.1. The second-order valence-electron chi connectivity index (χ2n) is 9.22. The normalized spacial score (nSPS) is 22.1. The Kier molecular flexibility index (Phi) is 6.75. The number of rotatable bonds is 7. The van der Waals surface area contributed by atoms with E-state index in [1.807, 2.05) is 23.9 Å². The van der Waals surface area contributed by atoms with Crippen LogP contribution in [0.4, 0.5) is 14.9 Å². The van der Waals surface area contributed by atoms with Crippen LogP contribution in [0.2, 0.25) is 0 Å². The average Bonchev–Trinajstić information content (AvgIpc) is 3.67. The van der Waals surface area contributed by atoms with Crippen LogP contribution in [0.3, 0.4) is 0 Å². The summed E-state index contributed by atoms with van der Waals surface area (Å²) in [5.74, 6) is 1.88. The van der Waals surface area contributed by atoms with E-state index in [1.165, 1.54) is 11.0 Å². The fourth-order valence-corrected chi connectivity index (χ4v) is 5.72. The first-order valence-electron chi connectivity index (χ1n) is 12.2. The average molecular weight is 524 g/mol. The Morgan fingerprint density at radius 1 is 1.11 bits per heavy atom. The molecule has 0 bridgehead atoms. The Morgan fingerprint density at radius 2 is 2.00 bits per heavy atom. The van der Waals surface area contributed by atoms with Gasteiger partial charge in [0.15, 0.2) is 0 Å². The monoisotopic (exact) mass is 523 g/mol. The topological polar surface area (TPSA) is 98.0 Å². The van der Waals surface area contributed by atoms with Gasteiger partial charge in [-0.2, -0.15) is 11.8 Å². The van der Waals surface area contributed by atoms with Crippen molar-refractivity contribution in [1.29, 1.82) is 0 Å².